The first kappa shape index (κ1) is 18.2. The molecule has 0 aliphatic heterocycles. The van der Waals surface area contributed by atoms with Crippen LogP contribution in [0, 0.1) is 6.92 Å². The van der Waals surface area contributed by atoms with E-state index in [1.807, 2.05) is 67.6 Å². The largest absolute Gasteiger partial charge is 0.484 e. The molecule has 0 aliphatic rings. The summed E-state index contributed by atoms with van der Waals surface area (Å²) >= 11 is 0. The van der Waals surface area contributed by atoms with E-state index in [9.17, 15) is 9.59 Å². The Morgan fingerprint density at radius 2 is 1.52 bits per heavy atom. The van der Waals surface area contributed by atoms with Crippen molar-refractivity contribution in [1.82, 2.24) is 10.9 Å². The Balaban J connectivity index is 1.49. The van der Waals surface area contributed by atoms with E-state index in [1.54, 1.807) is 18.2 Å². The third-order valence-corrected chi connectivity index (χ3v) is 3.93. The van der Waals surface area contributed by atoms with Gasteiger partial charge in [-0.15, -0.1) is 0 Å². The molecule has 0 aromatic heterocycles. The van der Waals surface area contributed by atoms with Gasteiger partial charge in [0.05, 0.1) is 0 Å². The van der Waals surface area contributed by atoms with Crippen molar-refractivity contribution in [3.8, 4) is 16.9 Å². The molecule has 0 heterocycles. The number of amides is 2. The summed E-state index contributed by atoms with van der Waals surface area (Å²) in [4.78, 5) is 24.0. The minimum Gasteiger partial charge on any atom is -0.484 e. The summed E-state index contributed by atoms with van der Waals surface area (Å²) in [6, 6.07) is 24.4. The molecule has 2 amide bonds. The van der Waals surface area contributed by atoms with E-state index in [1.165, 1.54) is 0 Å². The molecule has 0 saturated heterocycles. The maximum atomic E-state index is 12.1. The van der Waals surface area contributed by atoms with Crippen molar-refractivity contribution in [1.29, 1.82) is 0 Å². The van der Waals surface area contributed by atoms with Crippen molar-refractivity contribution in [3.05, 3.63) is 90.0 Å². The van der Waals surface area contributed by atoms with Crippen LogP contribution in [-0.2, 0) is 4.79 Å². The van der Waals surface area contributed by atoms with Gasteiger partial charge in [0.2, 0.25) is 0 Å². The van der Waals surface area contributed by atoms with Gasteiger partial charge in [0.1, 0.15) is 5.75 Å². The topological polar surface area (TPSA) is 67.4 Å². The van der Waals surface area contributed by atoms with E-state index in [0.29, 0.717) is 11.3 Å². The summed E-state index contributed by atoms with van der Waals surface area (Å²) in [5.41, 5.74) is 8.32. The molecule has 5 heteroatoms. The molecule has 0 radical (unpaired) electrons. The fourth-order valence-corrected chi connectivity index (χ4v) is 2.53. The molecule has 0 saturated carbocycles. The monoisotopic (exact) mass is 360 g/mol. The number of hydrogen-bond donors (Lipinski definition) is 2. The first-order valence-electron chi connectivity index (χ1n) is 8.56. The van der Waals surface area contributed by atoms with Gasteiger partial charge in [0.25, 0.3) is 11.8 Å². The van der Waals surface area contributed by atoms with Gasteiger partial charge in [-0.3, -0.25) is 20.4 Å². The number of nitrogens with one attached hydrogen (secondary N) is 2. The zero-order valence-corrected chi connectivity index (χ0v) is 14.9. The molecule has 0 fully saturated rings. The van der Waals surface area contributed by atoms with Gasteiger partial charge in [0.15, 0.2) is 6.61 Å². The highest BCUT2D eigenvalue weighted by Gasteiger charge is 2.08. The van der Waals surface area contributed by atoms with Crippen molar-refractivity contribution >= 4 is 11.8 Å². The average Bonchev–Trinajstić information content (AvgIpc) is 2.71. The number of benzene rings is 3. The van der Waals surface area contributed by atoms with Crippen LogP contribution in [-0.4, -0.2) is 18.4 Å². The van der Waals surface area contributed by atoms with Crippen LogP contribution in [0.1, 0.15) is 15.9 Å². The van der Waals surface area contributed by atoms with E-state index in [0.717, 1.165) is 16.7 Å². The Morgan fingerprint density at radius 3 is 2.22 bits per heavy atom. The minimum atomic E-state index is -0.439. The number of hydrazine groups is 1. The highest BCUT2D eigenvalue weighted by atomic mass is 16.5. The van der Waals surface area contributed by atoms with Gasteiger partial charge < -0.3 is 4.74 Å². The minimum absolute atomic E-state index is 0.184. The maximum Gasteiger partial charge on any atom is 0.276 e. The maximum absolute atomic E-state index is 12.1. The Labute approximate surface area is 158 Å². The predicted octanol–water partition coefficient (Wildman–Crippen LogP) is 3.50. The molecule has 27 heavy (non-hydrogen) atoms. The van der Waals surface area contributed by atoms with Gasteiger partial charge in [-0.2, -0.15) is 0 Å². The number of carbonyl (C=O) groups is 2. The molecule has 3 rings (SSSR count). The van der Waals surface area contributed by atoms with Gasteiger partial charge >= 0.3 is 0 Å². The second-order valence-electron chi connectivity index (χ2n) is 6.05. The van der Waals surface area contributed by atoms with Crippen LogP contribution >= 0.6 is 0 Å². The molecular formula is C22H20N2O3. The summed E-state index contributed by atoms with van der Waals surface area (Å²) in [7, 11) is 0. The number of hydrogen-bond acceptors (Lipinski definition) is 3. The predicted molar refractivity (Wildman–Crippen MR) is 104 cm³/mol. The molecule has 0 atom stereocenters. The lowest BCUT2D eigenvalue weighted by Crippen LogP contribution is -2.43. The summed E-state index contributed by atoms with van der Waals surface area (Å²) < 4.78 is 5.39. The number of aryl methyl sites for hydroxylation is 1. The summed E-state index contributed by atoms with van der Waals surface area (Å²) in [5, 5.41) is 0. The second kappa shape index (κ2) is 8.67. The van der Waals surface area contributed by atoms with Gasteiger partial charge in [-0.25, -0.2) is 0 Å². The van der Waals surface area contributed by atoms with E-state index < -0.39 is 11.8 Å². The van der Waals surface area contributed by atoms with Gasteiger partial charge in [0, 0.05) is 5.56 Å². The van der Waals surface area contributed by atoms with Crippen LogP contribution in [0.25, 0.3) is 11.1 Å². The van der Waals surface area contributed by atoms with E-state index in [2.05, 4.69) is 10.9 Å². The lowest BCUT2D eigenvalue weighted by atomic mass is 10.0. The fraction of sp³-hybridized carbons (Fsp3) is 0.0909. The molecule has 0 unspecified atom stereocenters. The molecule has 3 aromatic rings. The SMILES string of the molecule is Cc1cccc(OCC(=O)NNC(=O)c2ccc(-c3ccccc3)cc2)c1. The standard InChI is InChI=1S/C22H20N2O3/c1-16-6-5-9-20(14-16)27-15-21(25)23-24-22(26)19-12-10-18(11-13-19)17-7-3-2-4-8-17/h2-14H,15H2,1H3,(H,23,25)(H,24,26). The van der Waals surface area contributed by atoms with Crippen molar-refractivity contribution < 1.29 is 14.3 Å². The Morgan fingerprint density at radius 1 is 0.815 bits per heavy atom. The normalized spacial score (nSPS) is 10.1. The third-order valence-electron chi connectivity index (χ3n) is 3.93. The third kappa shape index (κ3) is 5.19. The molecular weight excluding hydrogens is 340 g/mol. The summed E-state index contributed by atoms with van der Waals surface area (Å²) in [6.45, 7) is 1.76. The zero-order chi connectivity index (χ0) is 19.1. The first-order valence-corrected chi connectivity index (χ1v) is 8.56. The lowest BCUT2D eigenvalue weighted by molar-refractivity contribution is -0.123. The summed E-state index contributed by atoms with van der Waals surface area (Å²) in [5.74, 6) is -0.225. The molecule has 0 aliphatic carbocycles. The van der Waals surface area contributed by atoms with Crippen molar-refractivity contribution in [2.45, 2.75) is 6.92 Å². The van der Waals surface area contributed by atoms with E-state index in [4.69, 9.17) is 4.74 Å². The molecule has 0 spiro atoms. The second-order valence-corrected chi connectivity index (χ2v) is 6.05. The molecule has 5 nitrogen and oxygen atoms in total. The van der Waals surface area contributed by atoms with Crippen LogP contribution in [0.3, 0.4) is 0 Å². The molecule has 136 valence electrons. The molecule has 2 N–H and O–H groups in total. The first-order chi connectivity index (χ1) is 13.1. The van der Waals surface area contributed by atoms with Gasteiger partial charge in [-0.1, -0.05) is 54.6 Å². The van der Waals surface area contributed by atoms with Gasteiger partial charge in [-0.05, 0) is 47.9 Å². The highest BCUT2D eigenvalue weighted by Crippen LogP contribution is 2.19. The average molecular weight is 360 g/mol. The Bertz CT molecular complexity index is 922. The molecule has 3 aromatic carbocycles. The van der Waals surface area contributed by atoms with Crippen LogP contribution in [0.2, 0.25) is 0 Å². The fourth-order valence-electron chi connectivity index (χ4n) is 2.53. The van der Waals surface area contributed by atoms with Crippen LogP contribution in [0.4, 0.5) is 0 Å². The van der Waals surface area contributed by atoms with Crippen molar-refractivity contribution in [2.75, 3.05) is 6.61 Å². The Kier molecular flexibility index (Phi) is 5.84. The zero-order valence-electron chi connectivity index (χ0n) is 14.9. The molecule has 0 bridgehead atoms. The van der Waals surface area contributed by atoms with Crippen LogP contribution in [0.15, 0.2) is 78.9 Å². The number of ether oxygens (including phenoxy) is 1. The van der Waals surface area contributed by atoms with Crippen LogP contribution in [0.5, 0.6) is 5.75 Å². The van der Waals surface area contributed by atoms with E-state index >= 15 is 0 Å². The van der Waals surface area contributed by atoms with Crippen molar-refractivity contribution in [3.63, 3.8) is 0 Å². The van der Waals surface area contributed by atoms with Crippen molar-refractivity contribution in [2.24, 2.45) is 0 Å². The van der Waals surface area contributed by atoms with Crippen LogP contribution < -0.4 is 15.6 Å². The quantitative estimate of drug-likeness (QED) is 0.684. The number of rotatable bonds is 5. The highest BCUT2D eigenvalue weighted by molar-refractivity contribution is 5.95. The van der Waals surface area contributed by atoms with E-state index in [-0.39, 0.29) is 6.61 Å². The summed E-state index contributed by atoms with van der Waals surface area (Å²) in [6.07, 6.45) is 0. The smallest absolute Gasteiger partial charge is 0.276 e. The Hall–Kier alpha value is -3.60. The number of carbonyl (C=O) groups excluding carboxylic acids is 2. The lowest BCUT2D eigenvalue weighted by Gasteiger charge is -2.09.